The molecule has 33 heavy (non-hydrogen) atoms. The Morgan fingerprint density at radius 3 is 2.64 bits per heavy atom. The van der Waals surface area contributed by atoms with Crippen LogP contribution in [0.15, 0.2) is 48.7 Å². The van der Waals surface area contributed by atoms with E-state index in [1.165, 1.54) is 0 Å². The van der Waals surface area contributed by atoms with Crippen molar-refractivity contribution in [1.82, 2.24) is 30.5 Å². The lowest BCUT2D eigenvalue weighted by Gasteiger charge is -2.36. The third-order valence-electron chi connectivity index (χ3n) is 5.98. The van der Waals surface area contributed by atoms with Gasteiger partial charge in [0, 0.05) is 54.5 Å². The van der Waals surface area contributed by atoms with Gasteiger partial charge in [0.05, 0.1) is 0 Å². The van der Waals surface area contributed by atoms with Gasteiger partial charge in [-0.05, 0) is 66.2 Å². The average Bonchev–Trinajstić information content (AvgIpc) is 3.54. The fraction of sp³-hybridized carbons (Fsp3) is 0.304. The minimum atomic E-state index is -0.00143. The van der Waals surface area contributed by atoms with E-state index in [0.717, 1.165) is 47.2 Å². The van der Waals surface area contributed by atoms with E-state index < -0.39 is 0 Å². The van der Waals surface area contributed by atoms with Crippen LogP contribution in [-0.2, 0) is 11.2 Å². The average molecular weight is 447 g/mol. The van der Waals surface area contributed by atoms with Gasteiger partial charge in [0.1, 0.15) is 5.75 Å². The minimum absolute atomic E-state index is 0.00143. The summed E-state index contributed by atoms with van der Waals surface area (Å²) in [5, 5.41) is 15.1. The van der Waals surface area contributed by atoms with Crippen molar-refractivity contribution in [3.8, 4) is 17.1 Å². The number of hydrogen-bond donors (Lipinski definition) is 3. The van der Waals surface area contributed by atoms with Crippen molar-refractivity contribution in [3.63, 3.8) is 0 Å². The number of rotatable bonds is 7. The predicted molar refractivity (Wildman–Crippen MR) is 125 cm³/mol. The molecular weight excluding hydrogens is 420 g/mol. The molecule has 10 heteroatoms. The number of amides is 1. The highest BCUT2D eigenvalue weighted by Gasteiger charge is 2.22. The second-order valence-electron chi connectivity index (χ2n) is 8.00. The maximum absolute atomic E-state index is 12.7. The first-order valence-corrected chi connectivity index (χ1v) is 11.0. The third kappa shape index (κ3) is 4.51. The molecule has 1 amide bonds. The number of aromatic amines is 2. The third-order valence-corrected chi connectivity index (χ3v) is 5.98. The number of benzene rings is 2. The quantitative estimate of drug-likeness (QED) is 0.393. The topological polar surface area (TPSA) is 129 Å². The van der Waals surface area contributed by atoms with Gasteiger partial charge >= 0.3 is 0 Å². The number of nitrogens with two attached hydrogens (primary N) is 1. The molecule has 4 aromatic rings. The maximum Gasteiger partial charge on any atom is 0.260 e. The molecule has 0 atom stereocenters. The second-order valence-corrected chi connectivity index (χ2v) is 8.00. The SMILES string of the molecule is NCCc1c[nH]c2ccc(OCC(=O)N3CCN(c4ccc(-c5nn[nH]n5)cc4)CC3)cc12. The molecule has 0 bridgehead atoms. The molecule has 4 N–H and O–H groups in total. The number of hydrogen-bond acceptors (Lipinski definition) is 7. The highest BCUT2D eigenvalue weighted by atomic mass is 16.5. The van der Waals surface area contributed by atoms with E-state index in [2.05, 4.69) is 30.5 Å². The van der Waals surface area contributed by atoms with Gasteiger partial charge in [-0.3, -0.25) is 4.79 Å². The molecule has 1 aliphatic heterocycles. The molecule has 2 aromatic carbocycles. The van der Waals surface area contributed by atoms with Gasteiger partial charge < -0.3 is 25.3 Å². The number of carbonyl (C=O) groups is 1. The van der Waals surface area contributed by atoms with E-state index >= 15 is 0 Å². The monoisotopic (exact) mass is 446 g/mol. The van der Waals surface area contributed by atoms with Gasteiger partial charge in [-0.15, -0.1) is 10.2 Å². The van der Waals surface area contributed by atoms with Crippen LogP contribution >= 0.6 is 0 Å². The molecule has 0 saturated carbocycles. The summed E-state index contributed by atoms with van der Waals surface area (Å²) in [6, 6.07) is 13.9. The first-order chi connectivity index (χ1) is 16.2. The van der Waals surface area contributed by atoms with Crippen LogP contribution in [0.2, 0.25) is 0 Å². The molecule has 10 nitrogen and oxygen atoms in total. The Kier molecular flexibility index (Phi) is 5.90. The van der Waals surface area contributed by atoms with Crippen LogP contribution in [0.3, 0.4) is 0 Å². The van der Waals surface area contributed by atoms with Gasteiger partial charge in [0.15, 0.2) is 6.61 Å². The van der Waals surface area contributed by atoms with Gasteiger partial charge in [0.25, 0.3) is 5.91 Å². The number of tetrazole rings is 1. The Morgan fingerprint density at radius 1 is 1.09 bits per heavy atom. The first kappa shape index (κ1) is 21.0. The van der Waals surface area contributed by atoms with Crippen LogP contribution in [0.1, 0.15) is 5.56 Å². The Morgan fingerprint density at radius 2 is 1.91 bits per heavy atom. The normalized spacial score (nSPS) is 14.1. The number of carbonyl (C=O) groups excluding carboxylic acids is 1. The van der Waals surface area contributed by atoms with E-state index in [9.17, 15) is 4.79 Å². The van der Waals surface area contributed by atoms with E-state index in [0.29, 0.717) is 31.2 Å². The summed E-state index contributed by atoms with van der Waals surface area (Å²) in [5.41, 5.74) is 9.91. The lowest BCUT2D eigenvalue weighted by atomic mass is 10.1. The maximum atomic E-state index is 12.7. The number of nitrogens with zero attached hydrogens (tertiary/aromatic N) is 5. The van der Waals surface area contributed by atoms with Crippen molar-refractivity contribution < 1.29 is 9.53 Å². The van der Waals surface area contributed by atoms with E-state index in [1.807, 2.05) is 53.6 Å². The Balaban J connectivity index is 1.14. The molecule has 1 saturated heterocycles. The minimum Gasteiger partial charge on any atom is -0.484 e. The zero-order chi connectivity index (χ0) is 22.6. The number of fused-ring (bicyclic) bond motifs is 1. The molecule has 0 aliphatic carbocycles. The van der Waals surface area contributed by atoms with Crippen LogP contribution in [-0.4, -0.2) is 75.7 Å². The van der Waals surface area contributed by atoms with E-state index in [-0.39, 0.29) is 12.5 Å². The molecule has 0 spiro atoms. The van der Waals surface area contributed by atoms with Crippen molar-refractivity contribution in [2.45, 2.75) is 6.42 Å². The molecule has 170 valence electrons. The van der Waals surface area contributed by atoms with Crippen molar-refractivity contribution >= 4 is 22.5 Å². The molecule has 0 radical (unpaired) electrons. The number of piperazine rings is 1. The highest BCUT2D eigenvalue weighted by Crippen LogP contribution is 2.24. The molecule has 1 fully saturated rings. The van der Waals surface area contributed by atoms with Gasteiger partial charge in [0.2, 0.25) is 5.82 Å². The second kappa shape index (κ2) is 9.29. The summed E-state index contributed by atoms with van der Waals surface area (Å²) < 4.78 is 5.82. The standard InChI is InChI=1S/C23H26N8O2/c24-8-7-17-14-25-21-6-5-19(13-20(17)21)33-15-22(32)31-11-9-30(10-12-31)18-3-1-16(2-4-18)23-26-28-29-27-23/h1-6,13-14,25H,7-12,15,24H2,(H,26,27,28,29). The van der Waals surface area contributed by atoms with Crippen LogP contribution < -0.4 is 15.4 Å². The first-order valence-electron chi connectivity index (χ1n) is 11.0. The lowest BCUT2D eigenvalue weighted by Crippen LogP contribution is -2.50. The Bertz CT molecular complexity index is 1210. The predicted octanol–water partition coefficient (Wildman–Crippen LogP) is 1.58. The number of aromatic nitrogens is 5. The van der Waals surface area contributed by atoms with Crippen LogP contribution in [0.25, 0.3) is 22.3 Å². The smallest absolute Gasteiger partial charge is 0.260 e. The van der Waals surface area contributed by atoms with Gasteiger partial charge in [-0.2, -0.15) is 5.21 Å². The molecule has 2 aromatic heterocycles. The van der Waals surface area contributed by atoms with Crippen molar-refractivity contribution in [1.29, 1.82) is 0 Å². The van der Waals surface area contributed by atoms with Crippen LogP contribution in [0, 0.1) is 0 Å². The zero-order valence-electron chi connectivity index (χ0n) is 18.2. The molecular formula is C23H26N8O2. The van der Waals surface area contributed by atoms with Crippen molar-refractivity contribution in [3.05, 3.63) is 54.2 Å². The van der Waals surface area contributed by atoms with Crippen LogP contribution in [0.5, 0.6) is 5.75 Å². The fourth-order valence-electron chi connectivity index (χ4n) is 4.17. The summed E-state index contributed by atoms with van der Waals surface area (Å²) in [4.78, 5) is 20.1. The van der Waals surface area contributed by atoms with Gasteiger partial charge in [-0.25, -0.2) is 0 Å². The number of nitrogens with one attached hydrogen (secondary N) is 2. The number of anilines is 1. The van der Waals surface area contributed by atoms with Gasteiger partial charge in [-0.1, -0.05) is 0 Å². The Hall–Kier alpha value is -3.92. The van der Waals surface area contributed by atoms with Crippen molar-refractivity contribution in [2.75, 3.05) is 44.2 Å². The Labute approximate surface area is 190 Å². The number of H-pyrrole nitrogens is 2. The lowest BCUT2D eigenvalue weighted by molar-refractivity contribution is -0.133. The molecule has 0 unspecified atom stereocenters. The van der Waals surface area contributed by atoms with E-state index in [1.54, 1.807) is 0 Å². The fourth-order valence-corrected chi connectivity index (χ4v) is 4.17. The largest absolute Gasteiger partial charge is 0.484 e. The highest BCUT2D eigenvalue weighted by molar-refractivity contribution is 5.85. The zero-order valence-corrected chi connectivity index (χ0v) is 18.2. The van der Waals surface area contributed by atoms with E-state index in [4.69, 9.17) is 10.5 Å². The summed E-state index contributed by atoms with van der Waals surface area (Å²) >= 11 is 0. The summed E-state index contributed by atoms with van der Waals surface area (Å²) in [6.45, 7) is 3.47. The summed E-state index contributed by atoms with van der Waals surface area (Å²) in [5.74, 6) is 1.26. The molecule has 1 aliphatic rings. The molecule has 5 rings (SSSR count). The summed E-state index contributed by atoms with van der Waals surface area (Å²) in [7, 11) is 0. The summed E-state index contributed by atoms with van der Waals surface area (Å²) in [6.07, 6.45) is 2.78. The van der Waals surface area contributed by atoms with Crippen LogP contribution in [0.4, 0.5) is 5.69 Å². The van der Waals surface area contributed by atoms with Crippen molar-refractivity contribution in [2.24, 2.45) is 5.73 Å². The molecule has 3 heterocycles. The number of ether oxygens (including phenoxy) is 1.